The normalized spacial score (nSPS) is 21.4. The molecule has 0 saturated carbocycles. The summed E-state index contributed by atoms with van der Waals surface area (Å²) in [6.07, 6.45) is 0. The Hall–Kier alpha value is -0.865. The molecule has 0 radical (unpaired) electrons. The third-order valence-electron chi connectivity index (χ3n) is 4.17. The van der Waals surface area contributed by atoms with Crippen molar-refractivity contribution in [1.82, 2.24) is 4.98 Å². The fraction of sp³-hybridized carbons (Fsp3) is 0.643. The first-order valence-corrected chi connectivity index (χ1v) is 6.44. The number of hydrogen-bond donors (Lipinski definition) is 0. The van der Waals surface area contributed by atoms with Crippen LogP contribution >= 0.6 is 0 Å². The molecule has 2 rings (SSSR count). The smallest absolute Gasteiger partial charge is 0.398 e. The van der Waals surface area contributed by atoms with Crippen LogP contribution in [0.3, 0.4) is 0 Å². The maximum Gasteiger partial charge on any atom is 0.514 e. The highest BCUT2D eigenvalue weighted by Crippen LogP contribution is 2.36. The van der Waals surface area contributed by atoms with Gasteiger partial charge in [0.1, 0.15) is 0 Å². The molecule has 18 heavy (non-hydrogen) atoms. The van der Waals surface area contributed by atoms with Gasteiger partial charge in [-0.3, -0.25) is 4.98 Å². The Morgan fingerprint density at radius 1 is 0.944 bits per heavy atom. The monoisotopic (exact) mass is 247 g/mol. The van der Waals surface area contributed by atoms with E-state index < -0.39 is 0 Å². The van der Waals surface area contributed by atoms with E-state index >= 15 is 0 Å². The van der Waals surface area contributed by atoms with Crippen LogP contribution in [0.1, 0.15) is 44.5 Å². The van der Waals surface area contributed by atoms with E-state index in [-0.39, 0.29) is 18.3 Å². The summed E-state index contributed by atoms with van der Waals surface area (Å²) in [5.74, 6) is 0. The van der Waals surface area contributed by atoms with Gasteiger partial charge in [-0.05, 0) is 59.6 Å². The number of aromatic nitrogens is 1. The zero-order chi connectivity index (χ0) is 13.7. The third kappa shape index (κ3) is 2.08. The van der Waals surface area contributed by atoms with Crippen molar-refractivity contribution in [2.75, 3.05) is 0 Å². The minimum Gasteiger partial charge on any atom is -0.398 e. The van der Waals surface area contributed by atoms with Gasteiger partial charge in [-0.1, -0.05) is 6.07 Å². The van der Waals surface area contributed by atoms with Crippen LogP contribution in [0.5, 0.6) is 0 Å². The van der Waals surface area contributed by atoms with Gasteiger partial charge in [0.05, 0.1) is 16.8 Å². The molecule has 0 atom stereocenters. The molecule has 1 saturated heterocycles. The van der Waals surface area contributed by atoms with Crippen LogP contribution in [0.15, 0.2) is 6.07 Å². The second-order valence-electron chi connectivity index (χ2n) is 6.18. The molecule has 1 aromatic heterocycles. The fourth-order valence-electron chi connectivity index (χ4n) is 2.05. The van der Waals surface area contributed by atoms with Crippen LogP contribution in [0.25, 0.3) is 0 Å². The molecular weight excluding hydrogens is 225 g/mol. The molecule has 0 aromatic carbocycles. The fourth-order valence-corrected chi connectivity index (χ4v) is 2.05. The molecule has 1 aromatic rings. The van der Waals surface area contributed by atoms with Crippen molar-refractivity contribution < 1.29 is 9.31 Å². The van der Waals surface area contributed by atoms with Gasteiger partial charge < -0.3 is 9.31 Å². The Morgan fingerprint density at radius 2 is 1.44 bits per heavy atom. The molecule has 0 aliphatic carbocycles. The predicted molar refractivity (Wildman–Crippen MR) is 74.2 cm³/mol. The van der Waals surface area contributed by atoms with Gasteiger partial charge in [-0.2, -0.15) is 0 Å². The van der Waals surface area contributed by atoms with Gasteiger partial charge in [0, 0.05) is 5.69 Å². The summed E-state index contributed by atoms with van der Waals surface area (Å²) in [7, 11) is -0.366. The van der Waals surface area contributed by atoms with E-state index in [1.54, 1.807) is 0 Å². The second kappa shape index (κ2) is 4.07. The first-order valence-electron chi connectivity index (χ1n) is 6.44. The quantitative estimate of drug-likeness (QED) is 0.713. The largest absolute Gasteiger partial charge is 0.514 e. The lowest BCUT2D eigenvalue weighted by Gasteiger charge is -2.32. The van der Waals surface area contributed by atoms with Gasteiger partial charge >= 0.3 is 7.12 Å². The Morgan fingerprint density at radius 3 is 1.94 bits per heavy atom. The van der Waals surface area contributed by atoms with Gasteiger partial charge in [0.2, 0.25) is 0 Å². The van der Waals surface area contributed by atoms with E-state index in [1.165, 1.54) is 5.56 Å². The van der Waals surface area contributed by atoms with Crippen LogP contribution < -0.4 is 5.59 Å². The average Bonchev–Trinajstić information content (AvgIpc) is 2.42. The second-order valence-corrected chi connectivity index (χ2v) is 6.18. The highest BCUT2D eigenvalue weighted by Gasteiger charge is 2.52. The minimum atomic E-state index is -0.366. The van der Waals surface area contributed by atoms with Crippen molar-refractivity contribution in [1.29, 1.82) is 0 Å². The van der Waals surface area contributed by atoms with Crippen molar-refractivity contribution in [3.63, 3.8) is 0 Å². The molecule has 0 bridgehead atoms. The van der Waals surface area contributed by atoms with Crippen molar-refractivity contribution in [2.24, 2.45) is 0 Å². The van der Waals surface area contributed by atoms with E-state index in [1.807, 2.05) is 6.92 Å². The lowest BCUT2D eigenvalue weighted by Crippen LogP contribution is -2.41. The van der Waals surface area contributed by atoms with Crippen LogP contribution in [0, 0.1) is 20.8 Å². The summed E-state index contributed by atoms with van der Waals surface area (Å²) in [5, 5.41) is 0. The van der Waals surface area contributed by atoms with E-state index in [4.69, 9.17) is 9.31 Å². The zero-order valence-electron chi connectivity index (χ0n) is 12.4. The molecule has 0 spiro atoms. The molecule has 3 nitrogen and oxygen atoms in total. The van der Waals surface area contributed by atoms with Crippen LogP contribution in [-0.4, -0.2) is 23.3 Å². The third-order valence-corrected chi connectivity index (χ3v) is 4.17. The molecule has 1 fully saturated rings. The number of aryl methyl sites for hydroxylation is 3. The predicted octanol–water partition coefficient (Wildman–Crippen LogP) is 2.31. The molecule has 4 heteroatoms. The molecule has 0 unspecified atom stereocenters. The first kappa shape index (κ1) is 13.6. The molecular formula is C14H22BNO2. The van der Waals surface area contributed by atoms with Crippen molar-refractivity contribution >= 4 is 12.7 Å². The summed E-state index contributed by atoms with van der Waals surface area (Å²) in [5.41, 5.74) is 3.63. The standard InChI is InChI=1S/C14H22BNO2/c1-9-8-10(2)12(16-11(9)3)15-17-13(4,5)14(6,7)18-15/h8H,1-7H3. The van der Waals surface area contributed by atoms with Crippen LogP contribution in [0.4, 0.5) is 0 Å². The SMILES string of the molecule is Cc1cc(C)c(B2OC(C)(C)C(C)(C)O2)nc1C. The summed E-state index contributed by atoms with van der Waals surface area (Å²) in [6.45, 7) is 14.4. The number of rotatable bonds is 1. The molecule has 2 heterocycles. The van der Waals surface area contributed by atoms with E-state index in [0.717, 1.165) is 16.9 Å². The molecule has 0 amide bonds. The maximum atomic E-state index is 6.04. The Kier molecular flexibility index (Phi) is 3.07. The molecule has 1 aliphatic rings. The van der Waals surface area contributed by atoms with Gasteiger partial charge in [0.25, 0.3) is 0 Å². The first-order chi connectivity index (χ1) is 8.14. The Balaban J connectivity index is 2.38. The number of nitrogens with zero attached hydrogens (tertiary/aromatic N) is 1. The zero-order valence-corrected chi connectivity index (χ0v) is 12.4. The lowest BCUT2D eigenvalue weighted by molar-refractivity contribution is 0.00578. The molecule has 0 N–H and O–H groups in total. The Bertz CT molecular complexity index is 467. The topological polar surface area (TPSA) is 31.4 Å². The highest BCUT2D eigenvalue weighted by atomic mass is 16.7. The van der Waals surface area contributed by atoms with Gasteiger partial charge in [-0.15, -0.1) is 0 Å². The molecule has 98 valence electrons. The summed E-state index contributed by atoms with van der Waals surface area (Å²) in [6, 6.07) is 2.14. The summed E-state index contributed by atoms with van der Waals surface area (Å²) < 4.78 is 12.1. The number of pyridine rings is 1. The maximum absolute atomic E-state index is 6.04. The van der Waals surface area contributed by atoms with Gasteiger partial charge in [-0.25, -0.2) is 0 Å². The lowest BCUT2D eigenvalue weighted by atomic mass is 9.80. The van der Waals surface area contributed by atoms with Crippen LogP contribution in [-0.2, 0) is 9.31 Å². The average molecular weight is 247 g/mol. The van der Waals surface area contributed by atoms with Crippen molar-refractivity contribution in [3.8, 4) is 0 Å². The number of hydrogen-bond acceptors (Lipinski definition) is 3. The van der Waals surface area contributed by atoms with Crippen molar-refractivity contribution in [3.05, 3.63) is 22.9 Å². The van der Waals surface area contributed by atoms with Gasteiger partial charge in [0.15, 0.2) is 0 Å². The highest BCUT2D eigenvalue weighted by molar-refractivity contribution is 6.61. The molecule has 1 aliphatic heterocycles. The van der Waals surface area contributed by atoms with E-state index in [9.17, 15) is 0 Å². The minimum absolute atomic E-state index is 0.315. The van der Waals surface area contributed by atoms with E-state index in [0.29, 0.717) is 0 Å². The Labute approximate surface area is 110 Å². The summed E-state index contributed by atoms with van der Waals surface area (Å²) in [4.78, 5) is 4.64. The van der Waals surface area contributed by atoms with Crippen molar-refractivity contribution in [2.45, 2.75) is 59.7 Å². The van der Waals surface area contributed by atoms with E-state index in [2.05, 4.69) is 52.6 Å². The summed E-state index contributed by atoms with van der Waals surface area (Å²) >= 11 is 0. The van der Waals surface area contributed by atoms with Crippen LogP contribution in [0.2, 0.25) is 0 Å².